The fourth-order valence-electron chi connectivity index (χ4n) is 3.02. The van der Waals surface area contributed by atoms with Gasteiger partial charge in [-0.1, -0.05) is 42.8 Å². The molecule has 1 aliphatic rings. The Balaban J connectivity index is 0.000000360. The lowest BCUT2D eigenvalue weighted by atomic mass is 10.1. The number of hydrogen-bond acceptors (Lipinski definition) is 4. The van der Waals surface area contributed by atoms with E-state index in [0.717, 1.165) is 19.6 Å². The van der Waals surface area contributed by atoms with E-state index in [1.54, 1.807) is 0 Å². The van der Waals surface area contributed by atoms with E-state index in [-0.39, 0.29) is 17.2 Å². The zero-order chi connectivity index (χ0) is 21.2. The minimum absolute atomic E-state index is 0.0475. The number of halogens is 2. The third-order valence-corrected chi connectivity index (χ3v) is 4.81. The Morgan fingerprint density at radius 1 is 1.07 bits per heavy atom. The number of aryl methyl sites for hydroxylation is 1. The minimum Gasteiger partial charge on any atom is -0.375 e. The molecule has 2 aromatic rings. The fraction of sp³-hybridized carbons (Fsp3) is 0.381. The summed E-state index contributed by atoms with van der Waals surface area (Å²) in [7, 11) is 0. The van der Waals surface area contributed by atoms with Gasteiger partial charge in [-0.15, -0.1) is 0 Å². The molecule has 1 saturated heterocycles. The molecule has 0 atom stereocenters. The summed E-state index contributed by atoms with van der Waals surface area (Å²) in [5.74, 6) is -0.870. The normalized spacial score (nSPS) is 14.1. The Morgan fingerprint density at radius 3 is 2.24 bits per heavy atom. The van der Waals surface area contributed by atoms with Crippen molar-refractivity contribution in [2.24, 2.45) is 5.73 Å². The number of thiocarbonyl (C=S) groups is 1. The van der Waals surface area contributed by atoms with E-state index in [1.165, 1.54) is 17.7 Å². The fourth-order valence-corrected chi connectivity index (χ4v) is 3.09. The van der Waals surface area contributed by atoms with Crippen LogP contribution in [0.25, 0.3) is 0 Å². The number of nitrogens with one attached hydrogen (secondary N) is 2. The SMILES string of the molecule is CCN1CCN(c2cc(F)c(CNNC(N)=S)cc2F)CC1.Cc1ccccc1. The van der Waals surface area contributed by atoms with Gasteiger partial charge >= 0.3 is 0 Å². The van der Waals surface area contributed by atoms with Gasteiger partial charge in [0, 0.05) is 44.4 Å². The number of hydrogen-bond donors (Lipinski definition) is 3. The van der Waals surface area contributed by atoms with Gasteiger partial charge in [0.1, 0.15) is 11.6 Å². The summed E-state index contributed by atoms with van der Waals surface area (Å²) in [6.07, 6.45) is 0. The van der Waals surface area contributed by atoms with Gasteiger partial charge in [0.2, 0.25) is 0 Å². The summed E-state index contributed by atoms with van der Waals surface area (Å²) < 4.78 is 28.4. The van der Waals surface area contributed by atoms with E-state index in [4.69, 9.17) is 5.73 Å². The van der Waals surface area contributed by atoms with E-state index in [0.29, 0.717) is 18.8 Å². The first kappa shape index (κ1) is 23.0. The highest BCUT2D eigenvalue weighted by Gasteiger charge is 2.20. The summed E-state index contributed by atoms with van der Waals surface area (Å²) in [5.41, 5.74) is 12.2. The number of rotatable bonds is 5. The zero-order valence-corrected chi connectivity index (χ0v) is 17.7. The van der Waals surface area contributed by atoms with Gasteiger partial charge in [-0.05, 0) is 31.8 Å². The van der Waals surface area contributed by atoms with E-state index in [9.17, 15) is 8.78 Å². The van der Waals surface area contributed by atoms with Crippen LogP contribution in [0.4, 0.5) is 14.5 Å². The Kier molecular flexibility index (Phi) is 9.24. The lowest BCUT2D eigenvalue weighted by Crippen LogP contribution is -2.46. The van der Waals surface area contributed by atoms with Crippen molar-refractivity contribution < 1.29 is 8.78 Å². The van der Waals surface area contributed by atoms with Crippen LogP contribution in [0.3, 0.4) is 0 Å². The molecule has 29 heavy (non-hydrogen) atoms. The second-order valence-electron chi connectivity index (χ2n) is 6.81. The molecule has 0 unspecified atom stereocenters. The van der Waals surface area contributed by atoms with Crippen LogP contribution in [-0.4, -0.2) is 42.7 Å². The van der Waals surface area contributed by atoms with Crippen LogP contribution in [0, 0.1) is 18.6 Å². The van der Waals surface area contributed by atoms with Crippen molar-refractivity contribution in [1.82, 2.24) is 15.8 Å². The van der Waals surface area contributed by atoms with Gasteiger partial charge in [0.15, 0.2) is 5.11 Å². The van der Waals surface area contributed by atoms with Gasteiger partial charge in [-0.3, -0.25) is 5.43 Å². The molecular weight excluding hydrogens is 392 g/mol. The van der Waals surface area contributed by atoms with E-state index < -0.39 is 11.6 Å². The quantitative estimate of drug-likeness (QED) is 0.510. The van der Waals surface area contributed by atoms with Crippen LogP contribution in [0.15, 0.2) is 42.5 Å². The van der Waals surface area contributed by atoms with Crippen molar-refractivity contribution in [3.05, 3.63) is 65.2 Å². The van der Waals surface area contributed by atoms with Crippen molar-refractivity contribution in [2.75, 3.05) is 37.6 Å². The van der Waals surface area contributed by atoms with Crippen molar-refractivity contribution in [3.63, 3.8) is 0 Å². The molecule has 4 N–H and O–H groups in total. The van der Waals surface area contributed by atoms with Crippen LogP contribution < -0.4 is 21.5 Å². The molecule has 0 saturated carbocycles. The van der Waals surface area contributed by atoms with Crippen molar-refractivity contribution in [2.45, 2.75) is 20.4 Å². The maximum absolute atomic E-state index is 14.3. The highest BCUT2D eigenvalue weighted by atomic mass is 32.1. The number of piperazine rings is 1. The number of nitrogens with two attached hydrogens (primary N) is 1. The topological polar surface area (TPSA) is 56.6 Å². The number of nitrogens with zero attached hydrogens (tertiary/aromatic N) is 2. The predicted octanol–water partition coefficient (Wildman–Crippen LogP) is 2.94. The molecule has 1 aliphatic heterocycles. The molecule has 1 fully saturated rings. The largest absolute Gasteiger partial charge is 0.375 e. The first-order valence-electron chi connectivity index (χ1n) is 9.66. The molecule has 5 nitrogen and oxygen atoms in total. The number of benzene rings is 2. The number of anilines is 1. The molecule has 8 heteroatoms. The maximum Gasteiger partial charge on any atom is 0.178 e. The van der Waals surface area contributed by atoms with Crippen molar-refractivity contribution in [1.29, 1.82) is 0 Å². The molecule has 2 aromatic carbocycles. The summed E-state index contributed by atoms with van der Waals surface area (Å²) >= 11 is 4.62. The highest BCUT2D eigenvalue weighted by Crippen LogP contribution is 2.24. The lowest BCUT2D eigenvalue weighted by molar-refractivity contribution is 0.270. The summed E-state index contributed by atoms with van der Waals surface area (Å²) in [4.78, 5) is 4.17. The standard InChI is InChI=1S/C14H21F2N5S.C7H8/c1-2-20-3-5-21(6-4-20)13-8-11(15)10(7-12(13)16)9-18-19-14(17)22;1-7-5-3-2-4-6-7/h7-8,18H,2-6,9H2,1H3,(H3,17,19,22);2-6H,1H3. The van der Waals surface area contributed by atoms with Gasteiger partial charge in [-0.25, -0.2) is 14.2 Å². The van der Waals surface area contributed by atoms with Gasteiger partial charge in [-0.2, -0.15) is 0 Å². The smallest absolute Gasteiger partial charge is 0.178 e. The third kappa shape index (κ3) is 7.56. The van der Waals surface area contributed by atoms with Crippen LogP contribution >= 0.6 is 12.2 Å². The predicted molar refractivity (Wildman–Crippen MR) is 119 cm³/mol. The first-order valence-corrected chi connectivity index (χ1v) is 10.1. The molecule has 0 bridgehead atoms. The second-order valence-corrected chi connectivity index (χ2v) is 7.25. The third-order valence-electron chi connectivity index (χ3n) is 4.71. The van der Waals surface area contributed by atoms with Crippen molar-refractivity contribution >= 4 is 23.0 Å². The monoisotopic (exact) mass is 421 g/mol. The number of likely N-dealkylation sites (N-methyl/N-ethyl adjacent to an activating group) is 1. The van der Waals surface area contributed by atoms with Crippen molar-refractivity contribution in [3.8, 4) is 0 Å². The molecule has 158 valence electrons. The van der Waals surface area contributed by atoms with Crippen LogP contribution in [0.1, 0.15) is 18.1 Å². The number of hydrazine groups is 1. The molecule has 0 aromatic heterocycles. The molecule has 0 spiro atoms. The Bertz CT molecular complexity index is 780. The van der Waals surface area contributed by atoms with Gasteiger partial charge in [0.05, 0.1) is 5.69 Å². The Hall–Kier alpha value is -2.29. The zero-order valence-electron chi connectivity index (χ0n) is 16.9. The molecule has 0 amide bonds. The lowest BCUT2D eigenvalue weighted by Gasteiger charge is -2.35. The van der Waals surface area contributed by atoms with E-state index in [2.05, 4.69) is 53.9 Å². The average Bonchev–Trinajstić information content (AvgIpc) is 2.71. The Morgan fingerprint density at radius 2 is 1.72 bits per heavy atom. The van der Waals surface area contributed by atoms with Gasteiger partial charge < -0.3 is 15.5 Å². The minimum atomic E-state index is -0.452. The first-order chi connectivity index (χ1) is 13.9. The average molecular weight is 422 g/mol. The van der Waals surface area contributed by atoms with E-state index in [1.807, 2.05) is 23.1 Å². The van der Waals surface area contributed by atoms with E-state index >= 15 is 0 Å². The Labute approximate surface area is 176 Å². The summed E-state index contributed by atoms with van der Waals surface area (Å²) in [6.45, 7) is 8.36. The molecule has 3 rings (SSSR count). The molecule has 1 heterocycles. The van der Waals surface area contributed by atoms with Gasteiger partial charge in [0.25, 0.3) is 0 Å². The van der Waals surface area contributed by atoms with Crippen LogP contribution in [0.5, 0.6) is 0 Å². The molecule has 0 radical (unpaired) electrons. The maximum atomic E-state index is 14.3. The highest BCUT2D eigenvalue weighted by molar-refractivity contribution is 7.80. The molecular formula is C21H29F2N5S. The van der Waals surface area contributed by atoms with Crippen LogP contribution in [-0.2, 0) is 6.54 Å². The molecule has 0 aliphatic carbocycles. The summed E-state index contributed by atoms with van der Waals surface area (Å²) in [5, 5.41) is 0.0475. The second kappa shape index (κ2) is 11.6. The summed E-state index contributed by atoms with van der Waals surface area (Å²) in [6, 6.07) is 12.7. The van der Waals surface area contributed by atoms with Crippen LogP contribution in [0.2, 0.25) is 0 Å².